The van der Waals surface area contributed by atoms with Gasteiger partial charge in [-0.3, -0.25) is 4.90 Å². The molecule has 0 amide bonds. The van der Waals surface area contributed by atoms with Crippen molar-refractivity contribution in [3.8, 4) is 0 Å². The first-order valence-electron chi connectivity index (χ1n) is 11.5. The molecule has 6 nitrogen and oxygen atoms in total. The van der Waals surface area contributed by atoms with Crippen LogP contribution in [0.1, 0.15) is 35.8 Å². The third-order valence-electron chi connectivity index (χ3n) is 6.73. The Morgan fingerprint density at radius 2 is 1.60 bits per heavy atom. The van der Waals surface area contributed by atoms with Crippen LogP contribution in [0.4, 0.5) is 0 Å². The first kappa shape index (κ1) is 25.6. The minimum absolute atomic E-state index is 0. The maximum atomic E-state index is 13.4. The first-order chi connectivity index (χ1) is 16.3. The van der Waals surface area contributed by atoms with E-state index in [-0.39, 0.29) is 23.3 Å². The molecule has 1 saturated heterocycles. The Morgan fingerprint density at radius 3 is 2.31 bits per heavy atom. The number of sulfone groups is 2. The predicted octanol–water partition coefficient (Wildman–Crippen LogP) is 3.99. The lowest BCUT2D eigenvalue weighted by Gasteiger charge is -2.19. The lowest BCUT2D eigenvalue weighted by molar-refractivity contribution is 0.320. The fraction of sp³-hybridized carbons (Fsp3) is 0.333. The maximum absolute atomic E-state index is 13.4. The van der Waals surface area contributed by atoms with Gasteiger partial charge in [0.25, 0.3) is 0 Å². The number of rotatable bonds is 7. The second-order valence-corrected chi connectivity index (χ2v) is 13.2. The van der Waals surface area contributed by atoms with Crippen LogP contribution in [0.3, 0.4) is 0 Å². The summed E-state index contributed by atoms with van der Waals surface area (Å²) in [7, 11) is -7.51. The molecule has 0 saturated carbocycles. The molecule has 1 N–H and O–H groups in total. The van der Waals surface area contributed by atoms with Crippen molar-refractivity contribution >= 4 is 19.7 Å². The average molecular weight is 513 g/mol. The molecule has 0 aliphatic carbocycles. The van der Waals surface area contributed by atoms with Gasteiger partial charge in [-0.2, -0.15) is 0 Å². The highest BCUT2D eigenvalue weighted by atomic mass is 32.2. The summed E-state index contributed by atoms with van der Waals surface area (Å²) in [6.45, 7) is 3.21. The molecule has 2 aliphatic rings. The van der Waals surface area contributed by atoms with E-state index in [0.717, 1.165) is 31.6 Å². The minimum atomic E-state index is -3.84. The molecule has 35 heavy (non-hydrogen) atoms. The zero-order valence-electron chi connectivity index (χ0n) is 18.8. The van der Waals surface area contributed by atoms with E-state index in [2.05, 4.69) is 22.3 Å². The van der Waals surface area contributed by atoms with Crippen molar-refractivity contribution in [1.82, 2.24) is 10.2 Å². The Labute approximate surface area is 208 Å². The Bertz CT molecular complexity index is 1380. The van der Waals surface area contributed by atoms with Gasteiger partial charge in [0.2, 0.25) is 0 Å². The standard InChI is InChI=1S/C26H28N2O4S2.CH4/c29-33(30)19-25(34(31,32)23-11-5-2-6-12-23)26-21(10-7-13-24(26)33)16-27-22-14-15-28(18-22)17-20-8-3-1-4-9-20;/h1-13,22,25,27H,14-19H2;1H4/t22-,25?;/m1./s1. The average Bonchev–Trinajstić information content (AvgIpc) is 3.41. The minimum Gasteiger partial charge on any atom is -0.309 e. The number of likely N-dealkylation sites (tertiary alicyclic amines) is 1. The van der Waals surface area contributed by atoms with E-state index in [1.54, 1.807) is 24.3 Å². The van der Waals surface area contributed by atoms with Crippen LogP contribution in [0, 0.1) is 0 Å². The second-order valence-electron chi connectivity index (χ2n) is 9.04. The van der Waals surface area contributed by atoms with Gasteiger partial charge in [0.15, 0.2) is 19.7 Å². The van der Waals surface area contributed by atoms with Gasteiger partial charge in [0.1, 0.15) is 5.25 Å². The maximum Gasteiger partial charge on any atom is 0.186 e. The zero-order chi connectivity index (χ0) is 23.8. The molecule has 3 aromatic carbocycles. The van der Waals surface area contributed by atoms with E-state index >= 15 is 0 Å². The van der Waals surface area contributed by atoms with Gasteiger partial charge in [0.05, 0.1) is 15.5 Å². The van der Waals surface area contributed by atoms with Crippen LogP contribution in [0.2, 0.25) is 0 Å². The van der Waals surface area contributed by atoms with Crippen molar-refractivity contribution in [2.75, 3.05) is 18.8 Å². The fourth-order valence-corrected chi connectivity index (χ4v) is 9.43. The molecule has 186 valence electrons. The quantitative estimate of drug-likeness (QED) is 0.515. The van der Waals surface area contributed by atoms with Crippen LogP contribution in [0.5, 0.6) is 0 Å². The van der Waals surface area contributed by atoms with Crippen LogP contribution < -0.4 is 5.32 Å². The summed E-state index contributed by atoms with van der Waals surface area (Å²) in [6, 6.07) is 23.8. The molecular formula is C27H32N2O4S2. The Hall–Kier alpha value is -2.52. The van der Waals surface area contributed by atoms with Crippen LogP contribution in [-0.2, 0) is 32.8 Å². The summed E-state index contributed by atoms with van der Waals surface area (Å²) in [5.41, 5.74) is 2.45. The highest BCUT2D eigenvalue weighted by molar-refractivity contribution is 7.96. The van der Waals surface area contributed by atoms with Crippen molar-refractivity contribution in [2.45, 2.75) is 48.0 Å². The predicted molar refractivity (Wildman–Crippen MR) is 139 cm³/mol. The van der Waals surface area contributed by atoms with Crippen molar-refractivity contribution in [3.63, 3.8) is 0 Å². The lowest BCUT2D eigenvalue weighted by atomic mass is 10.0. The second kappa shape index (κ2) is 10.2. The highest BCUT2D eigenvalue weighted by Crippen LogP contribution is 2.42. The molecule has 0 bridgehead atoms. The smallest absolute Gasteiger partial charge is 0.186 e. The summed E-state index contributed by atoms with van der Waals surface area (Å²) in [5, 5.41) is 2.46. The van der Waals surface area contributed by atoms with E-state index in [4.69, 9.17) is 0 Å². The fourth-order valence-electron chi connectivity index (χ4n) is 5.01. The van der Waals surface area contributed by atoms with Crippen molar-refractivity contribution in [2.24, 2.45) is 0 Å². The van der Waals surface area contributed by atoms with Crippen LogP contribution in [0.15, 0.2) is 88.7 Å². The summed E-state index contributed by atoms with van der Waals surface area (Å²) in [5.74, 6) is -0.412. The monoisotopic (exact) mass is 512 g/mol. The van der Waals surface area contributed by atoms with Gasteiger partial charge in [-0.25, -0.2) is 16.8 Å². The normalized spacial score (nSPS) is 21.4. The topological polar surface area (TPSA) is 83.5 Å². The highest BCUT2D eigenvalue weighted by Gasteiger charge is 2.44. The van der Waals surface area contributed by atoms with Crippen LogP contribution in [-0.4, -0.2) is 46.6 Å². The number of nitrogens with zero attached hydrogens (tertiary/aromatic N) is 1. The molecule has 0 spiro atoms. The van der Waals surface area contributed by atoms with Gasteiger partial charge in [-0.1, -0.05) is 68.1 Å². The Morgan fingerprint density at radius 1 is 0.914 bits per heavy atom. The van der Waals surface area contributed by atoms with Crippen molar-refractivity contribution in [1.29, 1.82) is 0 Å². The first-order valence-corrected chi connectivity index (χ1v) is 14.7. The molecule has 2 atom stereocenters. The van der Waals surface area contributed by atoms with Crippen LogP contribution in [0.25, 0.3) is 0 Å². The molecule has 3 aromatic rings. The van der Waals surface area contributed by atoms with Gasteiger partial charge in [-0.15, -0.1) is 0 Å². The Kier molecular flexibility index (Phi) is 7.47. The SMILES string of the molecule is C.O=S1(=O)CC(S(=O)(=O)c2ccccc2)c2c(CN[C@@H]3CCN(Cc4ccccc4)C3)cccc21. The Balaban J connectivity index is 0.00000289. The van der Waals surface area contributed by atoms with Gasteiger partial charge >= 0.3 is 0 Å². The molecule has 2 aliphatic heterocycles. The van der Waals surface area contributed by atoms with E-state index < -0.39 is 30.7 Å². The van der Waals surface area contributed by atoms with E-state index in [1.165, 1.54) is 23.8 Å². The molecule has 5 rings (SSSR count). The van der Waals surface area contributed by atoms with Crippen molar-refractivity contribution < 1.29 is 16.8 Å². The van der Waals surface area contributed by atoms with E-state index in [1.807, 2.05) is 24.3 Å². The lowest BCUT2D eigenvalue weighted by Crippen LogP contribution is -2.32. The molecule has 8 heteroatoms. The molecule has 0 aromatic heterocycles. The zero-order valence-corrected chi connectivity index (χ0v) is 20.4. The van der Waals surface area contributed by atoms with E-state index in [0.29, 0.717) is 12.1 Å². The molecule has 2 heterocycles. The largest absolute Gasteiger partial charge is 0.309 e. The van der Waals surface area contributed by atoms with Gasteiger partial charge < -0.3 is 5.32 Å². The molecule has 1 unspecified atom stereocenters. The number of hydrogen-bond donors (Lipinski definition) is 1. The van der Waals surface area contributed by atoms with E-state index in [9.17, 15) is 16.8 Å². The molecular weight excluding hydrogens is 480 g/mol. The third kappa shape index (κ3) is 5.21. The third-order valence-corrected chi connectivity index (χ3v) is 10.8. The summed E-state index contributed by atoms with van der Waals surface area (Å²) < 4.78 is 52.6. The number of benzene rings is 3. The summed E-state index contributed by atoms with van der Waals surface area (Å²) >= 11 is 0. The molecule has 1 fully saturated rings. The molecule has 0 radical (unpaired) electrons. The number of hydrogen-bond acceptors (Lipinski definition) is 6. The van der Waals surface area contributed by atoms with Crippen molar-refractivity contribution in [3.05, 3.63) is 95.6 Å². The van der Waals surface area contributed by atoms with Gasteiger partial charge in [0, 0.05) is 32.2 Å². The summed E-state index contributed by atoms with van der Waals surface area (Å²) in [6.07, 6.45) is 0.992. The van der Waals surface area contributed by atoms with Gasteiger partial charge in [-0.05, 0) is 41.3 Å². The van der Waals surface area contributed by atoms with Crippen LogP contribution >= 0.6 is 0 Å². The summed E-state index contributed by atoms with van der Waals surface area (Å²) in [4.78, 5) is 2.70. The number of nitrogens with one attached hydrogen (secondary N) is 1. The number of fused-ring (bicyclic) bond motifs is 1.